The molecule has 0 saturated carbocycles. The fourth-order valence-electron chi connectivity index (χ4n) is 2.44. The molecule has 126 valence electrons. The molecule has 1 heterocycles. The minimum atomic E-state index is -0.494. The Kier molecular flexibility index (Phi) is 4.90. The minimum Gasteiger partial charge on any atom is -0.267 e. The van der Waals surface area contributed by atoms with Crippen molar-refractivity contribution in [3.8, 4) is 0 Å². The van der Waals surface area contributed by atoms with Crippen molar-refractivity contribution in [1.29, 1.82) is 0 Å². The Labute approximate surface area is 148 Å². The van der Waals surface area contributed by atoms with Gasteiger partial charge in [0, 0.05) is 22.5 Å². The van der Waals surface area contributed by atoms with Crippen LogP contribution in [0.5, 0.6) is 0 Å². The molecule has 0 aliphatic rings. The molecule has 0 atom stereocenters. The van der Waals surface area contributed by atoms with Gasteiger partial charge in [-0.1, -0.05) is 48.0 Å². The number of H-pyrrole nitrogens is 1. The van der Waals surface area contributed by atoms with Crippen molar-refractivity contribution in [1.82, 2.24) is 15.6 Å². The van der Waals surface area contributed by atoms with E-state index in [1.165, 1.54) is 0 Å². The zero-order chi connectivity index (χ0) is 17.8. The second-order valence-electron chi connectivity index (χ2n) is 5.50. The number of hydrogen-bond acceptors (Lipinski definition) is 4. The summed E-state index contributed by atoms with van der Waals surface area (Å²) in [6.45, 7) is 1.79. The number of nitrogens with one attached hydrogen (secondary N) is 2. The van der Waals surface area contributed by atoms with E-state index in [4.69, 9.17) is 11.6 Å². The van der Waals surface area contributed by atoms with Crippen LogP contribution >= 0.6 is 11.6 Å². The lowest BCUT2D eigenvalue weighted by molar-refractivity contribution is 0.0950. The van der Waals surface area contributed by atoms with Crippen molar-refractivity contribution in [2.75, 3.05) is 0 Å². The van der Waals surface area contributed by atoms with Crippen LogP contribution < -0.4 is 11.0 Å². The molecule has 6 nitrogen and oxygen atoms in total. The first kappa shape index (κ1) is 16.9. The summed E-state index contributed by atoms with van der Waals surface area (Å²) in [4.78, 5) is 24.1. The molecular formula is C18H15ClN4O2. The molecule has 0 radical (unpaired) electrons. The van der Waals surface area contributed by atoms with Crippen LogP contribution in [0.1, 0.15) is 23.0 Å². The number of aromatic nitrogens is 2. The third-order valence-corrected chi connectivity index (χ3v) is 4.03. The predicted molar refractivity (Wildman–Crippen MR) is 98.1 cm³/mol. The quantitative estimate of drug-likeness (QED) is 0.557. The van der Waals surface area contributed by atoms with E-state index in [0.717, 1.165) is 5.56 Å². The monoisotopic (exact) mass is 354 g/mol. The summed E-state index contributed by atoms with van der Waals surface area (Å²) < 4.78 is 0. The van der Waals surface area contributed by atoms with E-state index in [1.54, 1.807) is 37.3 Å². The SMILES string of the molecule is C/C(Cc1ccccc1Cl)=N\NC(=O)c1n[nH]c(=O)c2ccccc12. The van der Waals surface area contributed by atoms with Crippen molar-refractivity contribution < 1.29 is 4.79 Å². The van der Waals surface area contributed by atoms with E-state index < -0.39 is 5.91 Å². The van der Waals surface area contributed by atoms with Crippen molar-refractivity contribution in [2.45, 2.75) is 13.3 Å². The molecule has 2 N–H and O–H groups in total. The van der Waals surface area contributed by atoms with Crippen molar-refractivity contribution >= 4 is 34.0 Å². The Morgan fingerprint density at radius 3 is 2.60 bits per heavy atom. The molecule has 0 fully saturated rings. The second-order valence-corrected chi connectivity index (χ2v) is 5.91. The average Bonchev–Trinajstić information content (AvgIpc) is 2.62. The first-order chi connectivity index (χ1) is 12.1. The zero-order valence-electron chi connectivity index (χ0n) is 13.4. The fourth-order valence-corrected chi connectivity index (χ4v) is 2.65. The molecule has 1 aromatic heterocycles. The Morgan fingerprint density at radius 2 is 1.84 bits per heavy atom. The standard InChI is InChI=1S/C18H15ClN4O2/c1-11(10-12-6-2-5-9-15(12)19)20-23-18(25)16-13-7-3-4-8-14(13)17(24)22-21-16/h2-9H,10H2,1H3,(H,22,24)(H,23,25)/b20-11+. The maximum absolute atomic E-state index is 12.4. The Hall–Kier alpha value is -2.99. The number of fused-ring (bicyclic) bond motifs is 1. The minimum absolute atomic E-state index is 0.115. The molecule has 2 aromatic carbocycles. The van der Waals surface area contributed by atoms with E-state index in [9.17, 15) is 9.59 Å². The molecule has 3 aromatic rings. The third kappa shape index (κ3) is 3.75. The van der Waals surface area contributed by atoms with Crippen LogP contribution in [0, 0.1) is 0 Å². The maximum Gasteiger partial charge on any atom is 0.292 e. The van der Waals surface area contributed by atoms with E-state index in [1.807, 2.05) is 18.2 Å². The molecule has 0 aliphatic heterocycles. The molecule has 0 saturated heterocycles. The number of amides is 1. The fraction of sp³-hybridized carbons (Fsp3) is 0.111. The number of hydrazone groups is 1. The highest BCUT2D eigenvalue weighted by molar-refractivity contribution is 6.31. The average molecular weight is 355 g/mol. The van der Waals surface area contributed by atoms with Gasteiger partial charge in [0.1, 0.15) is 0 Å². The molecule has 0 aliphatic carbocycles. The predicted octanol–water partition coefficient (Wildman–Crippen LogP) is 2.92. The summed E-state index contributed by atoms with van der Waals surface area (Å²) in [5.74, 6) is -0.494. The summed E-state index contributed by atoms with van der Waals surface area (Å²) in [5.41, 5.74) is 3.86. The molecule has 25 heavy (non-hydrogen) atoms. The van der Waals surface area contributed by atoms with E-state index in [2.05, 4.69) is 20.7 Å². The van der Waals surface area contributed by atoms with Crippen molar-refractivity contribution in [2.24, 2.45) is 5.10 Å². The Balaban J connectivity index is 1.80. The highest BCUT2D eigenvalue weighted by Crippen LogP contribution is 2.16. The van der Waals surface area contributed by atoms with Crippen LogP contribution in [0.25, 0.3) is 10.8 Å². The maximum atomic E-state index is 12.4. The first-order valence-electron chi connectivity index (χ1n) is 7.60. The van der Waals surface area contributed by atoms with Gasteiger partial charge in [-0.25, -0.2) is 10.5 Å². The van der Waals surface area contributed by atoms with E-state index in [0.29, 0.717) is 27.9 Å². The molecule has 7 heteroatoms. The van der Waals surface area contributed by atoms with Crippen LogP contribution in [0.3, 0.4) is 0 Å². The van der Waals surface area contributed by atoms with Gasteiger partial charge in [-0.2, -0.15) is 10.2 Å². The number of nitrogens with zero attached hydrogens (tertiary/aromatic N) is 2. The van der Waals surface area contributed by atoms with Crippen LogP contribution in [0.15, 0.2) is 58.4 Å². The van der Waals surface area contributed by atoms with Gasteiger partial charge in [0.05, 0.1) is 5.39 Å². The van der Waals surface area contributed by atoms with Crippen LogP contribution in [0.2, 0.25) is 5.02 Å². The topological polar surface area (TPSA) is 87.2 Å². The van der Waals surface area contributed by atoms with Crippen LogP contribution in [-0.2, 0) is 6.42 Å². The smallest absolute Gasteiger partial charge is 0.267 e. The highest BCUT2D eigenvalue weighted by atomic mass is 35.5. The van der Waals surface area contributed by atoms with Gasteiger partial charge in [-0.05, 0) is 24.6 Å². The summed E-state index contributed by atoms with van der Waals surface area (Å²) >= 11 is 6.12. The number of benzene rings is 2. The summed E-state index contributed by atoms with van der Waals surface area (Å²) in [6, 6.07) is 14.2. The number of carbonyl (C=O) groups excluding carboxylic acids is 1. The summed E-state index contributed by atoms with van der Waals surface area (Å²) in [7, 11) is 0. The van der Waals surface area contributed by atoms with Gasteiger partial charge in [-0.3, -0.25) is 9.59 Å². The number of halogens is 1. The van der Waals surface area contributed by atoms with Gasteiger partial charge in [0.15, 0.2) is 5.69 Å². The van der Waals surface area contributed by atoms with Gasteiger partial charge in [0.25, 0.3) is 11.5 Å². The van der Waals surface area contributed by atoms with Gasteiger partial charge in [0.2, 0.25) is 0 Å². The molecule has 0 bridgehead atoms. The Bertz CT molecular complexity index is 1030. The lowest BCUT2D eigenvalue weighted by Crippen LogP contribution is -2.23. The van der Waals surface area contributed by atoms with Crippen molar-refractivity contribution in [3.63, 3.8) is 0 Å². The van der Waals surface area contributed by atoms with Gasteiger partial charge in [-0.15, -0.1) is 0 Å². The molecule has 1 amide bonds. The first-order valence-corrected chi connectivity index (χ1v) is 7.98. The number of hydrogen-bond donors (Lipinski definition) is 2. The molecule has 0 spiro atoms. The lowest BCUT2D eigenvalue weighted by atomic mass is 10.1. The van der Waals surface area contributed by atoms with Crippen molar-refractivity contribution in [3.05, 3.63) is 75.2 Å². The summed E-state index contributed by atoms with van der Waals surface area (Å²) in [6.07, 6.45) is 0.514. The van der Waals surface area contributed by atoms with Crippen LogP contribution in [0.4, 0.5) is 0 Å². The molecular weight excluding hydrogens is 340 g/mol. The zero-order valence-corrected chi connectivity index (χ0v) is 14.2. The Morgan fingerprint density at radius 1 is 1.16 bits per heavy atom. The van der Waals surface area contributed by atoms with E-state index >= 15 is 0 Å². The normalized spacial score (nSPS) is 11.5. The largest absolute Gasteiger partial charge is 0.292 e. The van der Waals surface area contributed by atoms with Gasteiger partial charge < -0.3 is 0 Å². The molecule has 0 unspecified atom stereocenters. The summed E-state index contributed by atoms with van der Waals surface area (Å²) in [5, 5.41) is 11.8. The lowest BCUT2D eigenvalue weighted by Gasteiger charge is -2.06. The number of aromatic amines is 1. The third-order valence-electron chi connectivity index (χ3n) is 3.66. The van der Waals surface area contributed by atoms with E-state index in [-0.39, 0.29) is 11.3 Å². The number of carbonyl (C=O) groups is 1. The van der Waals surface area contributed by atoms with Gasteiger partial charge >= 0.3 is 0 Å². The highest BCUT2D eigenvalue weighted by Gasteiger charge is 2.13. The van der Waals surface area contributed by atoms with Crippen LogP contribution in [-0.4, -0.2) is 21.8 Å². The second kappa shape index (κ2) is 7.27. The number of rotatable bonds is 4. The molecule has 3 rings (SSSR count).